The van der Waals surface area contributed by atoms with E-state index in [-0.39, 0.29) is 0 Å². The van der Waals surface area contributed by atoms with Crippen LogP contribution in [0.1, 0.15) is 25.4 Å². The Labute approximate surface area is 113 Å². The molecule has 0 bridgehead atoms. The van der Waals surface area contributed by atoms with Gasteiger partial charge in [-0.05, 0) is 18.1 Å². The Kier molecular flexibility index (Phi) is 4.39. The van der Waals surface area contributed by atoms with E-state index in [9.17, 15) is 0 Å². The fraction of sp³-hybridized carbons (Fsp3) is 0.429. The van der Waals surface area contributed by atoms with Crippen LogP contribution in [-0.2, 0) is 13.0 Å². The monoisotopic (exact) mass is 261 g/mol. The summed E-state index contributed by atoms with van der Waals surface area (Å²) >= 11 is 0. The minimum absolute atomic E-state index is 0.505. The standard InChI is InChI=1S/C14H19N3O2/c1-10(2)7-13-16-12(8-14(17-13)18-3)15-9-11-5-4-6-19-11/h4-6,8,10H,7,9H2,1-3H3,(H,15,16,17). The van der Waals surface area contributed by atoms with Crippen molar-refractivity contribution in [3.8, 4) is 5.88 Å². The van der Waals surface area contributed by atoms with Crippen molar-refractivity contribution in [2.45, 2.75) is 26.8 Å². The van der Waals surface area contributed by atoms with Gasteiger partial charge in [-0.2, -0.15) is 4.98 Å². The third kappa shape index (κ3) is 3.98. The summed E-state index contributed by atoms with van der Waals surface area (Å²) in [5.41, 5.74) is 0. The van der Waals surface area contributed by atoms with E-state index < -0.39 is 0 Å². The predicted octanol–water partition coefficient (Wildman–Crippen LogP) is 2.89. The lowest BCUT2D eigenvalue weighted by molar-refractivity contribution is 0.394. The first-order valence-electron chi connectivity index (χ1n) is 6.35. The molecule has 5 heteroatoms. The van der Waals surface area contributed by atoms with E-state index in [1.54, 1.807) is 19.4 Å². The highest BCUT2D eigenvalue weighted by Gasteiger charge is 2.07. The fourth-order valence-electron chi connectivity index (χ4n) is 1.72. The van der Waals surface area contributed by atoms with Gasteiger partial charge < -0.3 is 14.5 Å². The van der Waals surface area contributed by atoms with Crippen molar-refractivity contribution in [3.05, 3.63) is 36.0 Å². The van der Waals surface area contributed by atoms with Gasteiger partial charge in [-0.3, -0.25) is 0 Å². The van der Waals surface area contributed by atoms with Gasteiger partial charge in [0.05, 0.1) is 19.9 Å². The fourth-order valence-corrected chi connectivity index (χ4v) is 1.72. The minimum atomic E-state index is 0.505. The lowest BCUT2D eigenvalue weighted by atomic mass is 10.1. The second-order valence-electron chi connectivity index (χ2n) is 4.74. The van der Waals surface area contributed by atoms with Crippen molar-refractivity contribution in [2.24, 2.45) is 5.92 Å². The molecule has 0 atom stereocenters. The van der Waals surface area contributed by atoms with Crippen LogP contribution in [0.4, 0.5) is 5.82 Å². The first-order valence-corrected chi connectivity index (χ1v) is 6.35. The number of ether oxygens (including phenoxy) is 1. The molecule has 0 amide bonds. The molecular formula is C14H19N3O2. The number of nitrogens with zero attached hydrogens (tertiary/aromatic N) is 2. The van der Waals surface area contributed by atoms with E-state index in [2.05, 4.69) is 29.1 Å². The van der Waals surface area contributed by atoms with Crippen molar-refractivity contribution in [2.75, 3.05) is 12.4 Å². The smallest absolute Gasteiger partial charge is 0.218 e. The maximum Gasteiger partial charge on any atom is 0.218 e. The highest BCUT2D eigenvalue weighted by Crippen LogP contribution is 2.16. The molecule has 0 saturated carbocycles. The normalized spacial score (nSPS) is 10.7. The van der Waals surface area contributed by atoms with Crippen LogP contribution >= 0.6 is 0 Å². The van der Waals surface area contributed by atoms with Gasteiger partial charge in [-0.25, -0.2) is 4.98 Å². The van der Waals surface area contributed by atoms with Crippen molar-refractivity contribution in [3.63, 3.8) is 0 Å². The van der Waals surface area contributed by atoms with Crippen LogP contribution in [0.2, 0.25) is 0 Å². The van der Waals surface area contributed by atoms with Gasteiger partial charge in [0.15, 0.2) is 0 Å². The Hall–Kier alpha value is -2.04. The molecular weight excluding hydrogens is 242 g/mol. The molecule has 2 heterocycles. The molecule has 2 rings (SSSR count). The second-order valence-corrected chi connectivity index (χ2v) is 4.74. The largest absolute Gasteiger partial charge is 0.481 e. The van der Waals surface area contributed by atoms with Gasteiger partial charge in [-0.15, -0.1) is 0 Å². The number of nitrogens with one attached hydrogen (secondary N) is 1. The highest BCUT2D eigenvalue weighted by molar-refractivity contribution is 5.38. The molecule has 0 aromatic carbocycles. The van der Waals surface area contributed by atoms with Gasteiger partial charge in [0.2, 0.25) is 5.88 Å². The van der Waals surface area contributed by atoms with E-state index in [4.69, 9.17) is 9.15 Å². The zero-order chi connectivity index (χ0) is 13.7. The van der Waals surface area contributed by atoms with Crippen LogP contribution < -0.4 is 10.1 Å². The Morgan fingerprint density at radius 2 is 2.21 bits per heavy atom. The average Bonchev–Trinajstić information content (AvgIpc) is 2.88. The molecule has 102 valence electrons. The molecule has 0 aliphatic carbocycles. The zero-order valence-corrected chi connectivity index (χ0v) is 11.5. The molecule has 0 unspecified atom stereocenters. The van der Waals surface area contributed by atoms with Crippen molar-refractivity contribution < 1.29 is 9.15 Å². The SMILES string of the molecule is COc1cc(NCc2ccco2)nc(CC(C)C)n1. The van der Waals surface area contributed by atoms with E-state index in [0.29, 0.717) is 18.3 Å². The molecule has 2 aromatic heterocycles. The van der Waals surface area contributed by atoms with Crippen LogP contribution in [0, 0.1) is 5.92 Å². The van der Waals surface area contributed by atoms with Gasteiger partial charge in [-0.1, -0.05) is 13.8 Å². The second kappa shape index (κ2) is 6.22. The summed E-state index contributed by atoms with van der Waals surface area (Å²) in [7, 11) is 1.61. The van der Waals surface area contributed by atoms with Gasteiger partial charge in [0.25, 0.3) is 0 Å². The molecule has 0 aliphatic heterocycles. The molecule has 0 saturated heterocycles. The van der Waals surface area contributed by atoms with E-state index >= 15 is 0 Å². The molecule has 0 radical (unpaired) electrons. The Balaban J connectivity index is 2.09. The summed E-state index contributed by atoms with van der Waals surface area (Å²) in [6.45, 7) is 4.87. The lowest BCUT2D eigenvalue weighted by Crippen LogP contribution is -2.07. The topological polar surface area (TPSA) is 60.2 Å². The van der Waals surface area contributed by atoms with E-state index in [1.165, 1.54) is 0 Å². The Morgan fingerprint density at radius 3 is 2.84 bits per heavy atom. The Bertz CT molecular complexity index is 509. The van der Waals surface area contributed by atoms with Crippen LogP contribution in [0.5, 0.6) is 5.88 Å². The zero-order valence-electron chi connectivity index (χ0n) is 11.5. The van der Waals surface area contributed by atoms with Gasteiger partial charge in [0, 0.05) is 12.5 Å². The molecule has 5 nitrogen and oxygen atoms in total. The average molecular weight is 261 g/mol. The quantitative estimate of drug-likeness (QED) is 0.866. The van der Waals surface area contributed by atoms with Gasteiger partial charge >= 0.3 is 0 Å². The highest BCUT2D eigenvalue weighted by atomic mass is 16.5. The van der Waals surface area contributed by atoms with Gasteiger partial charge in [0.1, 0.15) is 17.4 Å². The number of anilines is 1. The summed E-state index contributed by atoms with van der Waals surface area (Å²) < 4.78 is 10.5. The number of aromatic nitrogens is 2. The first-order chi connectivity index (χ1) is 9.17. The molecule has 1 N–H and O–H groups in total. The van der Waals surface area contributed by atoms with Crippen molar-refractivity contribution in [1.29, 1.82) is 0 Å². The third-order valence-corrected chi connectivity index (χ3v) is 2.57. The first kappa shape index (κ1) is 13.4. The molecule has 0 aliphatic rings. The van der Waals surface area contributed by atoms with Crippen molar-refractivity contribution in [1.82, 2.24) is 9.97 Å². The number of furan rings is 1. The molecule has 2 aromatic rings. The van der Waals surface area contributed by atoms with Crippen LogP contribution in [-0.4, -0.2) is 17.1 Å². The van der Waals surface area contributed by atoms with Crippen LogP contribution in [0.3, 0.4) is 0 Å². The molecule has 0 spiro atoms. The molecule has 19 heavy (non-hydrogen) atoms. The third-order valence-electron chi connectivity index (χ3n) is 2.57. The lowest BCUT2D eigenvalue weighted by Gasteiger charge is -2.09. The summed E-state index contributed by atoms with van der Waals surface area (Å²) in [4.78, 5) is 8.82. The minimum Gasteiger partial charge on any atom is -0.481 e. The predicted molar refractivity (Wildman–Crippen MR) is 73.2 cm³/mol. The molecule has 0 fully saturated rings. The maximum atomic E-state index is 5.27. The van der Waals surface area contributed by atoms with E-state index in [0.717, 1.165) is 23.8 Å². The number of hydrogen-bond donors (Lipinski definition) is 1. The summed E-state index contributed by atoms with van der Waals surface area (Å²) in [6.07, 6.45) is 2.48. The Morgan fingerprint density at radius 1 is 1.37 bits per heavy atom. The summed E-state index contributed by atoms with van der Waals surface area (Å²) in [6, 6.07) is 5.56. The van der Waals surface area contributed by atoms with Crippen molar-refractivity contribution >= 4 is 5.82 Å². The maximum absolute atomic E-state index is 5.27. The van der Waals surface area contributed by atoms with E-state index in [1.807, 2.05) is 12.1 Å². The number of hydrogen-bond acceptors (Lipinski definition) is 5. The number of rotatable bonds is 6. The summed E-state index contributed by atoms with van der Waals surface area (Å²) in [5, 5.41) is 3.21. The van der Waals surface area contributed by atoms with Crippen LogP contribution in [0.25, 0.3) is 0 Å². The number of methoxy groups -OCH3 is 1. The van der Waals surface area contributed by atoms with Crippen LogP contribution in [0.15, 0.2) is 28.9 Å². The summed E-state index contributed by atoms with van der Waals surface area (Å²) in [5.74, 6) is 3.48.